The minimum atomic E-state index is -1.78. The van der Waals surface area contributed by atoms with Gasteiger partial charge in [-0.1, -0.05) is 0 Å². The first-order valence-corrected chi connectivity index (χ1v) is 13.3. The van der Waals surface area contributed by atoms with Crippen molar-refractivity contribution in [2.24, 2.45) is 0 Å². The first-order valence-electron chi connectivity index (χ1n) is 13.3. The molecule has 3 heterocycles. The number of hydrogen-bond acceptors (Lipinski definition) is 15. The molecule has 0 aliphatic carbocycles. The molecule has 15 nitrogen and oxygen atoms in total. The van der Waals surface area contributed by atoms with E-state index in [9.17, 15) is 45.6 Å². The van der Waals surface area contributed by atoms with Gasteiger partial charge in [0.25, 0.3) is 0 Å². The van der Waals surface area contributed by atoms with Gasteiger partial charge in [-0.15, -0.1) is 0 Å². The molecule has 0 spiro atoms. The van der Waals surface area contributed by atoms with E-state index in [1.807, 2.05) is 0 Å². The molecule has 3 aromatic rings. The van der Waals surface area contributed by atoms with E-state index in [1.165, 1.54) is 32.2 Å². The van der Waals surface area contributed by atoms with Crippen molar-refractivity contribution in [3.8, 4) is 34.3 Å². The van der Waals surface area contributed by atoms with E-state index < -0.39 is 79.2 Å². The number of rotatable bonds is 7. The SMILES string of the molecule is COc1ccc(-c2cc(=O)c3c(O)cc(O[C@@H]4OC(CO[C@@H]5OC(C)[C@H](O)[C@H](O)C5O)[C@H](O)[C@H](O)C4O)cc3o2)cc1O. The monoisotopic (exact) mass is 608 g/mol. The zero-order chi connectivity index (χ0) is 31.2. The third kappa shape index (κ3) is 5.99. The van der Waals surface area contributed by atoms with Gasteiger partial charge in [0.15, 0.2) is 23.2 Å². The molecule has 10 atom stereocenters. The predicted octanol–water partition coefficient (Wildman–Crippen LogP) is -1.09. The van der Waals surface area contributed by atoms with Crippen molar-refractivity contribution < 1.29 is 69.0 Å². The number of methoxy groups -OCH3 is 1. The lowest BCUT2D eigenvalue weighted by Crippen LogP contribution is -2.61. The number of fused-ring (bicyclic) bond motifs is 1. The van der Waals surface area contributed by atoms with Crippen LogP contribution in [-0.4, -0.2) is 116 Å². The van der Waals surface area contributed by atoms with Gasteiger partial charge in [0, 0.05) is 23.8 Å². The molecule has 43 heavy (non-hydrogen) atoms. The van der Waals surface area contributed by atoms with Crippen molar-refractivity contribution in [1.29, 1.82) is 0 Å². The van der Waals surface area contributed by atoms with Gasteiger partial charge in [-0.05, 0) is 25.1 Å². The molecule has 1 aromatic heterocycles. The van der Waals surface area contributed by atoms with Crippen LogP contribution < -0.4 is 14.9 Å². The van der Waals surface area contributed by atoms with Crippen LogP contribution in [-0.2, 0) is 14.2 Å². The Labute approximate surface area is 243 Å². The summed E-state index contributed by atoms with van der Waals surface area (Å²) in [5.74, 6) is -0.605. The second kappa shape index (κ2) is 12.2. The molecular weight excluding hydrogens is 576 g/mol. The number of aliphatic hydroxyl groups excluding tert-OH is 6. The van der Waals surface area contributed by atoms with Gasteiger partial charge in [0.05, 0.1) is 19.8 Å². The van der Waals surface area contributed by atoms with Crippen molar-refractivity contribution in [3.05, 3.63) is 46.6 Å². The van der Waals surface area contributed by atoms with Gasteiger partial charge in [-0.25, -0.2) is 0 Å². The minimum absolute atomic E-state index is 0.0517. The smallest absolute Gasteiger partial charge is 0.229 e. The van der Waals surface area contributed by atoms with Crippen molar-refractivity contribution in [3.63, 3.8) is 0 Å². The first-order chi connectivity index (χ1) is 20.4. The number of phenolic OH excluding ortho intramolecular Hbond substituents is 2. The fourth-order valence-corrected chi connectivity index (χ4v) is 4.92. The Balaban J connectivity index is 1.36. The topological polar surface area (TPSA) is 238 Å². The van der Waals surface area contributed by atoms with Crippen LogP contribution in [0.25, 0.3) is 22.3 Å². The Morgan fingerprint density at radius 3 is 2.19 bits per heavy atom. The van der Waals surface area contributed by atoms with Gasteiger partial charge >= 0.3 is 0 Å². The van der Waals surface area contributed by atoms with E-state index in [4.69, 9.17) is 28.1 Å². The Bertz CT molecular complexity index is 1510. The summed E-state index contributed by atoms with van der Waals surface area (Å²) in [6, 6.07) is 7.78. The number of aromatic hydroxyl groups is 2. The number of hydrogen-bond donors (Lipinski definition) is 8. The van der Waals surface area contributed by atoms with Gasteiger partial charge in [-0.3, -0.25) is 4.79 Å². The molecule has 5 rings (SSSR count). The zero-order valence-corrected chi connectivity index (χ0v) is 22.9. The molecule has 0 bridgehead atoms. The molecule has 2 aromatic carbocycles. The maximum atomic E-state index is 12.8. The lowest BCUT2D eigenvalue weighted by molar-refractivity contribution is -0.318. The van der Waals surface area contributed by atoms with Crippen LogP contribution in [0.1, 0.15) is 6.92 Å². The van der Waals surface area contributed by atoms with E-state index in [-0.39, 0.29) is 34.0 Å². The van der Waals surface area contributed by atoms with Crippen LogP contribution in [0.3, 0.4) is 0 Å². The number of ether oxygens (including phenoxy) is 5. The molecule has 15 heteroatoms. The second-order valence-electron chi connectivity index (χ2n) is 10.3. The van der Waals surface area contributed by atoms with Crippen molar-refractivity contribution in [2.45, 2.75) is 68.3 Å². The Morgan fingerprint density at radius 1 is 0.791 bits per heavy atom. The van der Waals surface area contributed by atoms with E-state index in [2.05, 4.69) is 0 Å². The number of phenols is 2. The molecule has 234 valence electrons. The highest BCUT2D eigenvalue weighted by Crippen LogP contribution is 2.35. The third-order valence-electron chi connectivity index (χ3n) is 7.40. The molecule has 2 aliphatic rings. The average molecular weight is 609 g/mol. The summed E-state index contributed by atoms with van der Waals surface area (Å²) in [5.41, 5.74) is -0.381. The van der Waals surface area contributed by atoms with Crippen molar-refractivity contribution >= 4 is 11.0 Å². The van der Waals surface area contributed by atoms with E-state index >= 15 is 0 Å². The molecule has 4 unspecified atom stereocenters. The zero-order valence-electron chi connectivity index (χ0n) is 22.9. The standard InChI is InChI=1S/C28H32O15/c1-10-21(32)23(34)25(36)27(40-10)39-9-19-22(33)24(35)26(37)28(43-19)41-12-6-14(30)20-15(31)8-17(42-18(20)7-12)11-3-4-16(38-2)13(29)5-11/h3-8,10,19,21-30,32-37H,9H2,1-2H3/t10?,19?,21-,22-,23-,24-,25?,26?,27+,28+/m0/s1. The fraction of sp³-hybridized carbons (Fsp3) is 0.464. The molecule has 0 amide bonds. The molecular formula is C28H32O15. The molecule has 0 saturated carbocycles. The third-order valence-corrected chi connectivity index (χ3v) is 7.40. The highest BCUT2D eigenvalue weighted by atomic mass is 16.7. The van der Waals surface area contributed by atoms with E-state index in [0.717, 1.165) is 12.1 Å². The summed E-state index contributed by atoms with van der Waals surface area (Å²) in [6.45, 7) is 0.953. The van der Waals surface area contributed by atoms with Gasteiger partial charge in [0.2, 0.25) is 6.29 Å². The summed E-state index contributed by atoms with van der Waals surface area (Å²) in [7, 11) is 1.38. The Hall–Kier alpha value is -3.51. The summed E-state index contributed by atoms with van der Waals surface area (Å²) in [6.07, 6.45) is -15.0. The van der Waals surface area contributed by atoms with Crippen LogP contribution in [0.4, 0.5) is 0 Å². The maximum absolute atomic E-state index is 12.8. The largest absolute Gasteiger partial charge is 0.507 e. The summed E-state index contributed by atoms with van der Waals surface area (Å²) < 4.78 is 32.9. The highest BCUT2D eigenvalue weighted by Gasteiger charge is 2.47. The minimum Gasteiger partial charge on any atom is -0.507 e. The van der Waals surface area contributed by atoms with Crippen LogP contribution in [0.15, 0.2) is 45.6 Å². The van der Waals surface area contributed by atoms with Crippen LogP contribution in [0.2, 0.25) is 0 Å². The predicted molar refractivity (Wildman–Crippen MR) is 143 cm³/mol. The van der Waals surface area contributed by atoms with Gasteiger partial charge < -0.3 is 69.0 Å². The fourth-order valence-electron chi connectivity index (χ4n) is 4.92. The Morgan fingerprint density at radius 2 is 1.49 bits per heavy atom. The summed E-state index contributed by atoms with van der Waals surface area (Å²) in [4.78, 5) is 12.8. The lowest BCUT2D eigenvalue weighted by Gasteiger charge is -2.42. The highest BCUT2D eigenvalue weighted by molar-refractivity contribution is 5.86. The number of benzene rings is 2. The lowest BCUT2D eigenvalue weighted by atomic mass is 9.98. The number of aliphatic hydroxyl groups is 6. The van der Waals surface area contributed by atoms with Crippen LogP contribution in [0.5, 0.6) is 23.0 Å². The molecule has 8 N–H and O–H groups in total. The van der Waals surface area contributed by atoms with E-state index in [1.54, 1.807) is 6.07 Å². The van der Waals surface area contributed by atoms with Gasteiger partial charge in [0.1, 0.15) is 71.0 Å². The summed E-state index contributed by atoms with van der Waals surface area (Å²) >= 11 is 0. The van der Waals surface area contributed by atoms with Gasteiger partial charge in [-0.2, -0.15) is 0 Å². The normalized spacial score (nSPS) is 32.9. The van der Waals surface area contributed by atoms with Crippen LogP contribution >= 0.6 is 0 Å². The quantitative estimate of drug-likeness (QED) is 0.159. The van der Waals surface area contributed by atoms with Crippen LogP contribution in [0, 0.1) is 0 Å². The van der Waals surface area contributed by atoms with E-state index in [0.29, 0.717) is 5.56 Å². The maximum Gasteiger partial charge on any atom is 0.229 e. The first kappa shape index (κ1) is 30.9. The molecule has 2 saturated heterocycles. The molecule has 2 aliphatic heterocycles. The molecule has 2 fully saturated rings. The average Bonchev–Trinajstić information content (AvgIpc) is 2.97. The van der Waals surface area contributed by atoms with Crippen molar-refractivity contribution in [2.75, 3.05) is 13.7 Å². The second-order valence-corrected chi connectivity index (χ2v) is 10.3. The van der Waals surface area contributed by atoms with Crippen molar-refractivity contribution in [1.82, 2.24) is 0 Å². The summed E-state index contributed by atoms with van der Waals surface area (Å²) in [5, 5.41) is 82.0. The molecule has 0 radical (unpaired) electrons. The Kier molecular flexibility index (Phi) is 8.80.